The van der Waals surface area contributed by atoms with Crippen molar-refractivity contribution in [1.82, 2.24) is 9.97 Å². The van der Waals surface area contributed by atoms with E-state index in [1.807, 2.05) is 18.2 Å². The van der Waals surface area contributed by atoms with Crippen molar-refractivity contribution in [2.45, 2.75) is 0 Å². The molecule has 0 saturated heterocycles. The number of aromatic nitrogens is 2. The van der Waals surface area contributed by atoms with E-state index in [4.69, 9.17) is 22.3 Å². The number of ether oxygens (including phenoxy) is 2. The second-order valence-corrected chi connectivity index (χ2v) is 5.16. The summed E-state index contributed by atoms with van der Waals surface area (Å²) in [5.74, 6) is 6.99. The minimum absolute atomic E-state index is 0.592. The number of benzene rings is 2. The lowest BCUT2D eigenvalue weighted by atomic mass is 10.1. The molecule has 0 aliphatic carbocycles. The van der Waals surface area contributed by atoms with E-state index < -0.39 is 0 Å². The van der Waals surface area contributed by atoms with Crippen LogP contribution in [0.5, 0.6) is 11.5 Å². The average molecular weight is 329 g/mol. The quantitative estimate of drug-likeness (QED) is 0.744. The number of methoxy groups -OCH3 is 2. The van der Waals surface area contributed by atoms with Gasteiger partial charge in [0.15, 0.2) is 11.5 Å². The summed E-state index contributed by atoms with van der Waals surface area (Å²) in [6.07, 6.45) is 12.5. The van der Waals surface area contributed by atoms with E-state index in [2.05, 4.69) is 27.1 Å². The smallest absolute Gasteiger partial charge is 0.162 e. The molecule has 5 nitrogen and oxygen atoms in total. The van der Waals surface area contributed by atoms with Crippen LogP contribution in [0.4, 0.5) is 11.5 Å². The van der Waals surface area contributed by atoms with Crippen LogP contribution in [0.1, 0.15) is 11.1 Å². The predicted molar refractivity (Wildman–Crippen MR) is 98.2 cm³/mol. The molecule has 0 radical (unpaired) electrons. The van der Waals surface area contributed by atoms with E-state index in [1.165, 1.54) is 6.33 Å². The maximum atomic E-state index is 5.49. The molecule has 0 amide bonds. The fourth-order valence-electron chi connectivity index (χ4n) is 2.49. The lowest BCUT2D eigenvalue weighted by Gasteiger charge is -2.12. The second kappa shape index (κ2) is 6.82. The van der Waals surface area contributed by atoms with Gasteiger partial charge in [0, 0.05) is 28.3 Å². The van der Waals surface area contributed by atoms with E-state index in [0.717, 1.165) is 16.6 Å². The fraction of sp³-hybridized carbons (Fsp3) is 0.100. The Balaban J connectivity index is 2.11. The lowest BCUT2D eigenvalue weighted by Crippen LogP contribution is -1.98. The highest BCUT2D eigenvalue weighted by Crippen LogP contribution is 2.34. The van der Waals surface area contributed by atoms with Crippen molar-refractivity contribution < 1.29 is 9.47 Å². The van der Waals surface area contributed by atoms with Gasteiger partial charge in [0.2, 0.25) is 0 Å². The Bertz CT molecular complexity index is 997. The maximum Gasteiger partial charge on any atom is 0.162 e. The van der Waals surface area contributed by atoms with Gasteiger partial charge in [0.25, 0.3) is 0 Å². The minimum Gasteiger partial charge on any atom is -0.493 e. The van der Waals surface area contributed by atoms with Crippen LogP contribution in [0, 0.1) is 24.7 Å². The van der Waals surface area contributed by atoms with Gasteiger partial charge in [-0.1, -0.05) is 11.8 Å². The molecule has 0 atom stereocenters. The van der Waals surface area contributed by atoms with Crippen molar-refractivity contribution in [3.63, 3.8) is 0 Å². The fourth-order valence-corrected chi connectivity index (χ4v) is 2.49. The van der Waals surface area contributed by atoms with Gasteiger partial charge in [-0.2, -0.15) is 0 Å². The molecule has 0 unspecified atom stereocenters. The SMILES string of the molecule is C#Cc1cc(C#C)cc(Nc2ncnc3cc(OC)c(OC)cc23)c1. The Kier molecular flexibility index (Phi) is 4.41. The van der Waals surface area contributed by atoms with Crippen molar-refractivity contribution in [1.29, 1.82) is 0 Å². The van der Waals surface area contributed by atoms with Crippen LogP contribution in [-0.4, -0.2) is 24.2 Å². The van der Waals surface area contributed by atoms with Gasteiger partial charge in [-0.05, 0) is 24.3 Å². The average Bonchev–Trinajstić information content (AvgIpc) is 2.66. The normalized spacial score (nSPS) is 9.92. The van der Waals surface area contributed by atoms with E-state index in [1.54, 1.807) is 26.4 Å². The molecule has 3 aromatic rings. The lowest BCUT2D eigenvalue weighted by molar-refractivity contribution is 0.356. The molecular weight excluding hydrogens is 314 g/mol. The van der Waals surface area contributed by atoms with E-state index in [-0.39, 0.29) is 0 Å². The summed E-state index contributed by atoms with van der Waals surface area (Å²) in [5, 5.41) is 4.03. The summed E-state index contributed by atoms with van der Waals surface area (Å²) in [5.41, 5.74) is 2.85. The molecule has 25 heavy (non-hydrogen) atoms. The van der Waals surface area contributed by atoms with Gasteiger partial charge < -0.3 is 14.8 Å². The first kappa shape index (κ1) is 16.2. The maximum absolute atomic E-state index is 5.49. The molecule has 0 fully saturated rings. The van der Waals surface area contributed by atoms with Crippen molar-refractivity contribution in [2.24, 2.45) is 0 Å². The number of anilines is 2. The van der Waals surface area contributed by atoms with E-state index >= 15 is 0 Å². The Hall–Kier alpha value is -3.70. The highest BCUT2D eigenvalue weighted by atomic mass is 16.5. The third kappa shape index (κ3) is 3.17. The van der Waals surface area contributed by atoms with Crippen molar-refractivity contribution >= 4 is 22.4 Å². The van der Waals surface area contributed by atoms with Gasteiger partial charge in [0.1, 0.15) is 12.1 Å². The number of nitrogens with zero attached hydrogens (tertiary/aromatic N) is 2. The van der Waals surface area contributed by atoms with Crippen LogP contribution in [0.2, 0.25) is 0 Å². The largest absolute Gasteiger partial charge is 0.493 e. The predicted octanol–water partition coefficient (Wildman–Crippen LogP) is 3.35. The van der Waals surface area contributed by atoms with E-state index in [9.17, 15) is 0 Å². The van der Waals surface area contributed by atoms with Crippen molar-refractivity contribution in [2.75, 3.05) is 19.5 Å². The molecular formula is C20H15N3O2. The van der Waals surface area contributed by atoms with Gasteiger partial charge in [0.05, 0.1) is 19.7 Å². The first-order valence-electron chi connectivity index (χ1n) is 7.40. The Morgan fingerprint density at radius 1 is 0.880 bits per heavy atom. The molecule has 1 N–H and O–H groups in total. The molecule has 122 valence electrons. The summed E-state index contributed by atoms with van der Waals surface area (Å²) < 4.78 is 10.7. The first-order chi connectivity index (χ1) is 12.2. The molecule has 1 aromatic heterocycles. The topological polar surface area (TPSA) is 56.3 Å². The van der Waals surface area contributed by atoms with Crippen LogP contribution in [0.15, 0.2) is 36.7 Å². The molecule has 0 spiro atoms. The molecule has 0 bridgehead atoms. The molecule has 1 heterocycles. The number of hydrogen-bond acceptors (Lipinski definition) is 5. The number of hydrogen-bond donors (Lipinski definition) is 1. The monoisotopic (exact) mass is 329 g/mol. The molecule has 2 aromatic carbocycles. The third-order valence-electron chi connectivity index (χ3n) is 3.67. The summed E-state index contributed by atoms with van der Waals surface area (Å²) in [6.45, 7) is 0. The van der Waals surface area contributed by atoms with Gasteiger partial charge in [-0.3, -0.25) is 0 Å². The summed E-state index contributed by atoms with van der Waals surface area (Å²) in [6, 6.07) is 9.05. The van der Waals surface area contributed by atoms with Crippen LogP contribution in [0.3, 0.4) is 0 Å². The summed E-state index contributed by atoms with van der Waals surface area (Å²) >= 11 is 0. The zero-order valence-electron chi connectivity index (χ0n) is 13.8. The highest BCUT2D eigenvalue weighted by molar-refractivity contribution is 5.93. The van der Waals surface area contributed by atoms with Crippen LogP contribution in [-0.2, 0) is 0 Å². The minimum atomic E-state index is 0.592. The number of nitrogens with one attached hydrogen (secondary N) is 1. The number of rotatable bonds is 4. The summed E-state index contributed by atoms with van der Waals surface area (Å²) in [4.78, 5) is 8.61. The van der Waals surface area contributed by atoms with E-state index in [0.29, 0.717) is 28.4 Å². The van der Waals surface area contributed by atoms with Crippen LogP contribution >= 0.6 is 0 Å². The number of terminal acetylenes is 2. The summed E-state index contributed by atoms with van der Waals surface area (Å²) in [7, 11) is 3.16. The second-order valence-electron chi connectivity index (χ2n) is 5.16. The zero-order valence-corrected chi connectivity index (χ0v) is 13.8. The van der Waals surface area contributed by atoms with Gasteiger partial charge in [-0.25, -0.2) is 9.97 Å². The molecule has 0 aliphatic rings. The molecule has 5 heteroatoms. The van der Waals surface area contributed by atoms with Crippen LogP contribution < -0.4 is 14.8 Å². The molecule has 0 aliphatic heterocycles. The highest BCUT2D eigenvalue weighted by Gasteiger charge is 2.11. The Labute approximate surface area is 146 Å². The van der Waals surface area contributed by atoms with Gasteiger partial charge >= 0.3 is 0 Å². The standard InChI is InChI=1S/C20H15N3O2/c1-5-13-7-14(6-2)9-15(8-13)23-20-16-10-18(24-3)19(25-4)11-17(16)21-12-22-20/h1-2,7-12H,3-4H3,(H,21,22,23). The first-order valence-corrected chi connectivity index (χ1v) is 7.40. The Morgan fingerprint density at radius 2 is 1.52 bits per heavy atom. The zero-order chi connectivity index (χ0) is 17.8. The Morgan fingerprint density at radius 3 is 2.12 bits per heavy atom. The molecule has 0 saturated carbocycles. The van der Waals surface area contributed by atoms with Crippen molar-refractivity contribution in [3.8, 4) is 36.2 Å². The van der Waals surface area contributed by atoms with Crippen LogP contribution in [0.25, 0.3) is 10.9 Å². The third-order valence-corrected chi connectivity index (χ3v) is 3.67. The van der Waals surface area contributed by atoms with Gasteiger partial charge in [-0.15, -0.1) is 12.8 Å². The van der Waals surface area contributed by atoms with Crippen molar-refractivity contribution in [3.05, 3.63) is 47.8 Å². The molecule has 3 rings (SSSR count). The number of fused-ring (bicyclic) bond motifs is 1.